The summed E-state index contributed by atoms with van der Waals surface area (Å²) in [6, 6.07) is 8.34. The first-order valence-corrected chi connectivity index (χ1v) is 8.55. The third-order valence-corrected chi connectivity index (χ3v) is 4.52. The van der Waals surface area contributed by atoms with E-state index in [1.807, 2.05) is 30.7 Å². The van der Waals surface area contributed by atoms with Gasteiger partial charge in [0, 0.05) is 20.1 Å². The van der Waals surface area contributed by atoms with Crippen molar-refractivity contribution in [1.82, 2.24) is 19.5 Å². The average molecular weight is 335 g/mol. The summed E-state index contributed by atoms with van der Waals surface area (Å²) in [5, 5.41) is 0. The topological polar surface area (TPSA) is 56.1 Å². The third-order valence-electron chi connectivity index (χ3n) is 4.52. The van der Waals surface area contributed by atoms with E-state index in [-0.39, 0.29) is 0 Å². The van der Waals surface area contributed by atoms with Gasteiger partial charge in [0.05, 0.1) is 12.9 Å². The van der Waals surface area contributed by atoms with Gasteiger partial charge in [-0.2, -0.15) is 0 Å². The van der Waals surface area contributed by atoms with Crippen LogP contribution in [0.15, 0.2) is 43.0 Å². The van der Waals surface area contributed by atoms with Crippen LogP contribution in [0.25, 0.3) is 16.7 Å². The van der Waals surface area contributed by atoms with Crippen molar-refractivity contribution < 1.29 is 4.74 Å². The highest BCUT2D eigenvalue weighted by atomic mass is 16.5. The minimum absolute atomic E-state index is 0.692. The van der Waals surface area contributed by atoms with Crippen LogP contribution in [0.1, 0.15) is 18.9 Å². The molecular weight excluding hydrogens is 314 g/mol. The highest BCUT2D eigenvalue weighted by Gasteiger charge is 2.18. The number of hydrogen-bond donors (Lipinski definition) is 0. The Balaban J connectivity index is 1.55. The number of fused-ring (bicyclic) bond motifs is 1. The number of aryl methyl sites for hydroxylation is 1. The highest BCUT2D eigenvalue weighted by Crippen LogP contribution is 2.28. The molecule has 0 radical (unpaired) electrons. The molecule has 0 fully saturated rings. The first-order valence-electron chi connectivity index (χ1n) is 8.55. The van der Waals surface area contributed by atoms with Gasteiger partial charge in [-0.1, -0.05) is 18.2 Å². The first kappa shape index (κ1) is 15.6. The minimum Gasteiger partial charge on any atom is -0.494 e. The molecular formula is C19H21N5O. The summed E-state index contributed by atoms with van der Waals surface area (Å²) < 4.78 is 7.44. The molecule has 1 aromatic carbocycles. The van der Waals surface area contributed by atoms with E-state index in [2.05, 4.69) is 38.1 Å². The maximum atomic E-state index is 5.52. The zero-order valence-electron chi connectivity index (χ0n) is 14.5. The fourth-order valence-corrected chi connectivity index (χ4v) is 3.22. The molecule has 128 valence electrons. The van der Waals surface area contributed by atoms with Crippen molar-refractivity contribution in [3.63, 3.8) is 0 Å². The normalized spacial score (nSPS) is 14.6. The Morgan fingerprint density at radius 3 is 2.68 bits per heavy atom. The Morgan fingerprint density at radius 1 is 1.12 bits per heavy atom. The van der Waals surface area contributed by atoms with E-state index in [9.17, 15) is 0 Å². The van der Waals surface area contributed by atoms with Crippen molar-refractivity contribution in [3.05, 3.63) is 48.6 Å². The van der Waals surface area contributed by atoms with Gasteiger partial charge in [-0.05, 0) is 36.6 Å². The number of hydrogen-bond acceptors (Lipinski definition) is 5. The number of benzene rings is 1. The molecule has 0 amide bonds. The number of nitrogens with zero attached hydrogens (tertiary/aromatic N) is 5. The number of anilines is 1. The molecule has 0 N–H and O–H groups in total. The van der Waals surface area contributed by atoms with Crippen LogP contribution in [-0.2, 0) is 7.05 Å². The predicted octanol–water partition coefficient (Wildman–Crippen LogP) is 3.06. The number of ether oxygens (including phenoxy) is 1. The van der Waals surface area contributed by atoms with Crippen LogP contribution in [-0.4, -0.2) is 39.2 Å². The number of aromatic nitrogens is 4. The van der Waals surface area contributed by atoms with E-state index in [0.717, 1.165) is 42.2 Å². The Kier molecular flexibility index (Phi) is 4.09. The van der Waals surface area contributed by atoms with Crippen LogP contribution in [0.2, 0.25) is 0 Å². The molecule has 3 heterocycles. The van der Waals surface area contributed by atoms with Gasteiger partial charge in [0.25, 0.3) is 0 Å². The van der Waals surface area contributed by atoms with Crippen molar-refractivity contribution >= 4 is 22.6 Å². The van der Waals surface area contributed by atoms with E-state index in [1.165, 1.54) is 11.1 Å². The lowest BCUT2D eigenvalue weighted by Crippen LogP contribution is -2.29. The number of rotatable bonds is 4. The zero-order valence-corrected chi connectivity index (χ0v) is 14.5. The van der Waals surface area contributed by atoms with Crippen LogP contribution in [0.4, 0.5) is 5.82 Å². The second-order valence-corrected chi connectivity index (χ2v) is 6.11. The fraction of sp³-hybridized carbons (Fsp3) is 0.316. The van der Waals surface area contributed by atoms with Crippen molar-refractivity contribution in [2.75, 3.05) is 24.6 Å². The largest absolute Gasteiger partial charge is 0.494 e. The number of imidazole rings is 1. The zero-order chi connectivity index (χ0) is 17.2. The van der Waals surface area contributed by atoms with Crippen molar-refractivity contribution in [3.8, 4) is 5.75 Å². The molecule has 0 unspecified atom stereocenters. The minimum atomic E-state index is 0.692. The molecule has 0 saturated heterocycles. The van der Waals surface area contributed by atoms with E-state index in [4.69, 9.17) is 4.74 Å². The summed E-state index contributed by atoms with van der Waals surface area (Å²) in [6.07, 6.45) is 6.65. The summed E-state index contributed by atoms with van der Waals surface area (Å²) in [5.74, 6) is 1.83. The van der Waals surface area contributed by atoms with Gasteiger partial charge in [-0.15, -0.1) is 0 Å². The van der Waals surface area contributed by atoms with Crippen LogP contribution < -0.4 is 9.64 Å². The standard InChI is InChI=1S/C19H21N5O/c1-3-25-16-6-4-14(5-7-16)15-8-10-24(11-9-15)19-17-18(20-12-21-19)23(2)13-22-17/h4-8,12-13H,3,9-11H2,1-2H3. The molecule has 3 aromatic rings. The third kappa shape index (κ3) is 2.95. The van der Waals surface area contributed by atoms with E-state index < -0.39 is 0 Å². The van der Waals surface area contributed by atoms with E-state index in [0.29, 0.717) is 6.61 Å². The highest BCUT2D eigenvalue weighted by molar-refractivity contribution is 5.84. The van der Waals surface area contributed by atoms with Crippen molar-refractivity contribution in [1.29, 1.82) is 0 Å². The second-order valence-electron chi connectivity index (χ2n) is 6.11. The van der Waals surface area contributed by atoms with Crippen LogP contribution >= 0.6 is 0 Å². The Morgan fingerprint density at radius 2 is 1.96 bits per heavy atom. The van der Waals surface area contributed by atoms with Gasteiger partial charge < -0.3 is 14.2 Å². The lowest BCUT2D eigenvalue weighted by molar-refractivity contribution is 0.340. The molecule has 0 bridgehead atoms. The second kappa shape index (κ2) is 6.55. The van der Waals surface area contributed by atoms with E-state index in [1.54, 1.807) is 12.7 Å². The summed E-state index contributed by atoms with van der Waals surface area (Å²) in [7, 11) is 1.95. The molecule has 0 aliphatic carbocycles. The Hall–Kier alpha value is -2.89. The maximum absolute atomic E-state index is 5.52. The van der Waals surface area contributed by atoms with E-state index >= 15 is 0 Å². The van der Waals surface area contributed by atoms with Gasteiger partial charge in [-0.3, -0.25) is 0 Å². The average Bonchev–Trinajstić information content (AvgIpc) is 3.04. The molecule has 0 spiro atoms. The lowest BCUT2D eigenvalue weighted by Gasteiger charge is -2.27. The predicted molar refractivity (Wildman–Crippen MR) is 98.7 cm³/mol. The maximum Gasteiger partial charge on any atom is 0.165 e. The smallest absolute Gasteiger partial charge is 0.165 e. The summed E-state index contributed by atoms with van der Waals surface area (Å²) in [4.78, 5) is 15.5. The van der Waals surface area contributed by atoms with Gasteiger partial charge in [0.2, 0.25) is 0 Å². The molecule has 1 aliphatic heterocycles. The van der Waals surface area contributed by atoms with Crippen molar-refractivity contribution in [2.45, 2.75) is 13.3 Å². The van der Waals surface area contributed by atoms with Gasteiger partial charge in [-0.25, -0.2) is 15.0 Å². The van der Waals surface area contributed by atoms with Crippen LogP contribution in [0.3, 0.4) is 0 Å². The van der Waals surface area contributed by atoms with Gasteiger partial charge >= 0.3 is 0 Å². The fourth-order valence-electron chi connectivity index (χ4n) is 3.22. The quantitative estimate of drug-likeness (QED) is 0.733. The first-order chi connectivity index (χ1) is 12.3. The Bertz CT molecular complexity index is 913. The lowest BCUT2D eigenvalue weighted by atomic mass is 9.99. The summed E-state index contributed by atoms with van der Waals surface area (Å²) in [5.41, 5.74) is 4.36. The van der Waals surface area contributed by atoms with Crippen molar-refractivity contribution in [2.24, 2.45) is 7.05 Å². The van der Waals surface area contributed by atoms with Crippen LogP contribution in [0, 0.1) is 0 Å². The SMILES string of the molecule is CCOc1ccc(C2=CCN(c3ncnc4c3ncn4C)CC2)cc1. The molecule has 25 heavy (non-hydrogen) atoms. The van der Waals surface area contributed by atoms with Gasteiger partial charge in [0.15, 0.2) is 17.0 Å². The monoisotopic (exact) mass is 335 g/mol. The molecule has 4 rings (SSSR count). The van der Waals surface area contributed by atoms with Crippen LogP contribution in [0.5, 0.6) is 5.75 Å². The Labute approximate surface area is 146 Å². The molecule has 6 nitrogen and oxygen atoms in total. The molecule has 2 aromatic heterocycles. The molecule has 1 aliphatic rings. The summed E-state index contributed by atoms with van der Waals surface area (Å²) >= 11 is 0. The molecule has 6 heteroatoms. The summed E-state index contributed by atoms with van der Waals surface area (Å²) in [6.45, 7) is 4.43. The van der Waals surface area contributed by atoms with Gasteiger partial charge in [0.1, 0.15) is 12.1 Å². The molecule has 0 atom stereocenters. The molecule has 0 saturated carbocycles.